The molecule has 5 heteroatoms. The Kier molecular flexibility index (Phi) is 7.30. The Balaban J connectivity index is 2.23. The molecule has 1 atom stereocenters. The predicted molar refractivity (Wildman–Crippen MR) is 122 cm³/mol. The summed E-state index contributed by atoms with van der Waals surface area (Å²) in [4.78, 5) is 24.9. The van der Waals surface area contributed by atoms with Crippen molar-refractivity contribution in [3.05, 3.63) is 65.2 Å². The zero-order valence-electron chi connectivity index (χ0n) is 19.1. The average Bonchev–Trinajstić information content (AvgIpc) is 2.66. The van der Waals surface area contributed by atoms with Crippen LogP contribution in [0.5, 0.6) is 0 Å². The van der Waals surface area contributed by atoms with Crippen LogP contribution in [0.2, 0.25) is 0 Å². The number of esters is 1. The van der Waals surface area contributed by atoms with Crippen molar-refractivity contribution in [2.24, 2.45) is 0 Å². The number of ether oxygens (including phenoxy) is 1. The standard InChI is InChI=1S/C25H34N2O3/c1-24(2,3)18-14-19(25(4,5)6)16-20(15-18)26-23(29)27-21(22(28)30-7)13-17-11-9-8-10-12-17/h8-12,14-16,21H,13H2,1-7H3,(H2,26,27,29)/t21-/m0/s1. The summed E-state index contributed by atoms with van der Waals surface area (Å²) in [7, 11) is 1.32. The minimum atomic E-state index is -0.773. The van der Waals surface area contributed by atoms with Gasteiger partial charge in [0, 0.05) is 12.1 Å². The fourth-order valence-corrected chi connectivity index (χ4v) is 3.08. The molecule has 5 nitrogen and oxygen atoms in total. The van der Waals surface area contributed by atoms with Crippen LogP contribution in [0.4, 0.5) is 10.5 Å². The van der Waals surface area contributed by atoms with Crippen molar-refractivity contribution in [2.75, 3.05) is 12.4 Å². The fraction of sp³-hybridized carbons (Fsp3) is 0.440. The Morgan fingerprint density at radius 1 is 0.900 bits per heavy atom. The fourth-order valence-electron chi connectivity index (χ4n) is 3.08. The van der Waals surface area contributed by atoms with E-state index in [1.807, 2.05) is 42.5 Å². The number of methoxy groups -OCH3 is 1. The number of nitrogens with one attached hydrogen (secondary N) is 2. The average molecular weight is 411 g/mol. The Morgan fingerprint density at radius 3 is 1.90 bits per heavy atom. The molecule has 0 fully saturated rings. The molecule has 0 bridgehead atoms. The maximum Gasteiger partial charge on any atom is 0.328 e. The van der Waals surface area contributed by atoms with Crippen molar-refractivity contribution in [2.45, 2.75) is 64.8 Å². The molecule has 2 N–H and O–H groups in total. The molecule has 2 aromatic carbocycles. The molecular formula is C25H34N2O3. The van der Waals surface area contributed by atoms with Crippen LogP contribution in [0.3, 0.4) is 0 Å². The maximum atomic E-state index is 12.7. The van der Waals surface area contributed by atoms with Gasteiger partial charge >= 0.3 is 12.0 Å². The van der Waals surface area contributed by atoms with Crippen molar-refractivity contribution < 1.29 is 14.3 Å². The number of carbonyl (C=O) groups excluding carboxylic acids is 2. The molecule has 2 rings (SSSR count). The molecule has 0 heterocycles. The lowest BCUT2D eigenvalue weighted by atomic mass is 9.80. The van der Waals surface area contributed by atoms with E-state index < -0.39 is 18.0 Å². The summed E-state index contributed by atoms with van der Waals surface area (Å²) in [5.74, 6) is -0.479. The van der Waals surface area contributed by atoms with Gasteiger partial charge < -0.3 is 15.4 Å². The molecule has 0 unspecified atom stereocenters. The Bertz CT molecular complexity index is 845. The van der Waals surface area contributed by atoms with Gasteiger partial charge in [0.15, 0.2) is 0 Å². The highest BCUT2D eigenvalue weighted by molar-refractivity contribution is 5.92. The first-order valence-corrected chi connectivity index (χ1v) is 10.3. The second kappa shape index (κ2) is 9.33. The summed E-state index contributed by atoms with van der Waals surface area (Å²) >= 11 is 0. The van der Waals surface area contributed by atoms with Gasteiger partial charge in [0.25, 0.3) is 0 Å². The quantitative estimate of drug-likeness (QED) is 0.667. The number of carbonyl (C=O) groups is 2. The van der Waals surface area contributed by atoms with E-state index in [0.29, 0.717) is 12.1 Å². The third kappa shape index (κ3) is 6.61. The number of benzene rings is 2. The van der Waals surface area contributed by atoms with E-state index in [9.17, 15) is 9.59 Å². The third-order valence-corrected chi connectivity index (χ3v) is 5.00. The van der Waals surface area contributed by atoms with E-state index in [4.69, 9.17) is 4.74 Å². The van der Waals surface area contributed by atoms with Gasteiger partial charge in [-0.15, -0.1) is 0 Å². The first-order chi connectivity index (χ1) is 13.9. The number of anilines is 1. The van der Waals surface area contributed by atoms with Crippen molar-refractivity contribution in [1.82, 2.24) is 5.32 Å². The summed E-state index contributed by atoms with van der Waals surface area (Å²) in [6.45, 7) is 12.9. The van der Waals surface area contributed by atoms with Crippen molar-refractivity contribution >= 4 is 17.7 Å². The molecule has 162 valence electrons. The highest BCUT2D eigenvalue weighted by atomic mass is 16.5. The molecule has 0 radical (unpaired) electrons. The Labute approximate surface area is 180 Å². The van der Waals surface area contributed by atoms with Gasteiger partial charge in [-0.25, -0.2) is 9.59 Å². The predicted octanol–water partition coefficient (Wildman–Crippen LogP) is 5.19. The summed E-state index contributed by atoms with van der Waals surface area (Å²) in [6, 6.07) is 14.5. The first-order valence-electron chi connectivity index (χ1n) is 10.3. The lowest BCUT2D eigenvalue weighted by Crippen LogP contribution is -2.45. The van der Waals surface area contributed by atoms with E-state index >= 15 is 0 Å². The zero-order chi connectivity index (χ0) is 22.5. The number of hydrogen-bond donors (Lipinski definition) is 2. The second-order valence-electron chi connectivity index (χ2n) is 9.66. The molecular weight excluding hydrogens is 376 g/mol. The van der Waals surface area contributed by atoms with Crippen molar-refractivity contribution in [1.29, 1.82) is 0 Å². The molecule has 0 saturated carbocycles. The number of urea groups is 1. The number of rotatable bonds is 5. The molecule has 0 saturated heterocycles. The molecule has 2 aromatic rings. The highest BCUT2D eigenvalue weighted by Gasteiger charge is 2.24. The Morgan fingerprint density at radius 2 is 1.43 bits per heavy atom. The largest absolute Gasteiger partial charge is 0.467 e. The van der Waals surface area contributed by atoms with Crippen LogP contribution in [0.1, 0.15) is 58.2 Å². The monoisotopic (exact) mass is 410 g/mol. The van der Waals surface area contributed by atoms with Crippen LogP contribution in [0.25, 0.3) is 0 Å². The minimum absolute atomic E-state index is 0.0595. The number of hydrogen-bond acceptors (Lipinski definition) is 3. The van der Waals surface area contributed by atoms with Gasteiger partial charge in [0.2, 0.25) is 0 Å². The third-order valence-electron chi connectivity index (χ3n) is 5.00. The summed E-state index contributed by atoms with van der Waals surface area (Å²) in [5.41, 5.74) is 3.80. The van der Waals surface area contributed by atoms with E-state index in [-0.39, 0.29) is 10.8 Å². The van der Waals surface area contributed by atoms with Crippen molar-refractivity contribution in [3.63, 3.8) is 0 Å². The van der Waals surface area contributed by atoms with Gasteiger partial charge in [-0.2, -0.15) is 0 Å². The molecule has 0 aliphatic heterocycles. The van der Waals surface area contributed by atoms with E-state index in [1.165, 1.54) is 7.11 Å². The van der Waals surface area contributed by atoms with Gasteiger partial charge in [0.1, 0.15) is 6.04 Å². The van der Waals surface area contributed by atoms with Crippen LogP contribution >= 0.6 is 0 Å². The lowest BCUT2D eigenvalue weighted by molar-refractivity contribution is -0.142. The van der Waals surface area contributed by atoms with Crippen LogP contribution in [0.15, 0.2) is 48.5 Å². The summed E-state index contributed by atoms with van der Waals surface area (Å²) < 4.78 is 4.88. The molecule has 2 amide bonds. The summed E-state index contributed by atoms with van der Waals surface area (Å²) in [6.07, 6.45) is 0.357. The highest BCUT2D eigenvalue weighted by Crippen LogP contribution is 2.32. The SMILES string of the molecule is COC(=O)[C@H](Cc1ccccc1)NC(=O)Nc1cc(C(C)(C)C)cc(C(C)(C)C)c1. The van der Waals surface area contributed by atoms with Crippen molar-refractivity contribution in [3.8, 4) is 0 Å². The normalized spacial score (nSPS) is 12.8. The van der Waals surface area contributed by atoms with Crippen LogP contribution in [-0.4, -0.2) is 25.2 Å². The van der Waals surface area contributed by atoms with Gasteiger partial charge in [-0.3, -0.25) is 0 Å². The minimum Gasteiger partial charge on any atom is -0.467 e. The maximum absolute atomic E-state index is 12.7. The molecule has 0 spiro atoms. The smallest absolute Gasteiger partial charge is 0.328 e. The summed E-state index contributed by atoms with van der Waals surface area (Å²) in [5, 5.41) is 5.66. The van der Waals surface area contributed by atoms with E-state index in [0.717, 1.165) is 16.7 Å². The Hall–Kier alpha value is -2.82. The van der Waals surface area contributed by atoms with Crippen LogP contribution in [-0.2, 0) is 26.8 Å². The van der Waals surface area contributed by atoms with Gasteiger partial charge in [-0.05, 0) is 39.7 Å². The first kappa shape index (κ1) is 23.5. The van der Waals surface area contributed by atoms with Gasteiger partial charge in [-0.1, -0.05) is 77.9 Å². The zero-order valence-corrected chi connectivity index (χ0v) is 19.1. The number of amides is 2. The topological polar surface area (TPSA) is 67.4 Å². The van der Waals surface area contributed by atoms with E-state index in [2.05, 4.69) is 58.2 Å². The molecule has 0 aromatic heterocycles. The van der Waals surface area contributed by atoms with Gasteiger partial charge in [0.05, 0.1) is 7.11 Å². The molecule has 30 heavy (non-hydrogen) atoms. The lowest BCUT2D eigenvalue weighted by Gasteiger charge is -2.26. The van der Waals surface area contributed by atoms with Crippen LogP contribution in [0, 0.1) is 0 Å². The van der Waals surface area contributed by atoms with Crippen LogP contribution < -0.4 is 10.6 Å². The second-order valence-corrected chi connectivity index (χ2v) is 9.66. The van der Waals surface area contributed by atoms with E-state index in [1.54, 1.807) is 0 Å². The molecule has 0 aliphatic carbocycles. The molecule has 0 aliphatic rings.